The molecule has 0 bridgehead atoms. The first-order valence-electron chi connectivity index (χ1n) is 12.2. The maximum atomic E-state index is 12.6. The lowest BCUT2D eigenvalue weighted by Gasteiger charge is -2.34. The fourth-order valence-electron chi connectivity index (χ4n) is 4.98. The van der Waals surface area contributed by atoms with E-state index in [1.807, 2.05) is 12.1 Å². The summed E-state index contributed by atoms with van der Waals surface area (Å²) in [6, 6.07) is 16.7. The lowest BCUT2D eigenvalue weighted by molar-refractivity contribution is 0.180. The van der Waals surface area contributed by atoms with Crippen LogP contribution in [0.15, 0.2) is 66.1 Å². The Bertz CT molecular complexity index is 1220. The normalized spacial score (nSPS) is 20.0. The van der Waals surface area contributed by atoms with Gasteiger partial charge in [0.2, 0.25) is 0 Å². The minimum absolute atomic E-state index is 0.0361. The summed E-state index contributed by atoms with van der Waals surface area (Å²) in [5, 5.41) is 0.0361. The molecule has 2 aliphatic rings. The number of hydrogen-bond acceptors (Lipinski definition) is 4. The number of rotatable bonds is 10. The molecule has 0 spiro atoms. The lowest BCUT2D eigenvalue weighted by atomic mass is 9.77. The number of nitrogens with zero attached hydrogens (tertiary/aromatic N) is 2. The summed E-state index contributed by atoms with van der Waals surface area (Å²) in [6.45, 7) is 0.970. The molecule has 2 heterocycles. The van der Waals surface area contributed by atoms with Gasteiger partial charge >= 0.3 is 0 Å². The molecule has 1 fully saturated rings. The zero-order valence-electron chi connectivity index (χ0n) is 19.7. The fourth-order valence-corrected chi connectivity index (χ4v) is 5.98. The molecule has 0 radical (unpaired) electrons. The van der Waals surface area contributed by atoms with Gasteiger partial charge in [-0.2, -0.15) is 0 Å². The standard InChI is InChI=1S/C27H33N3O3S/c1-30-17-27(28-19-30)34(31,32)29-16-22-12-13-26-25(15-22)24(14-21-6-3-2-4-7-21)23(18-33-26)9-5-8-20-10-11-20/h2-4,6-7,12-13,15,17,19-20,23-24,29H,5,8-11,14,16,18H2,1H3. The second-order valence-corrected chi connectivity index (χ2v) is 11.5. The van der Waals surface area contributed by atoms with Crippen LogP contribution in [-0.2, 0) is 30.0 Å². The summed E-state index contributed by atoms with van der Waals surface area (Å²) in [5.41, 5.74) is 3.45. The van der Waals surface area contributed by atoms with E-state index in [4.69, 9.17) is 4.74 Å². The van der Waals surface area contributed by atoms with Crippen LogP contribution in [0.25, 0.3) is 0 Å². The van der Waals surface area contributed by atoms with Crippen LogP contribution in [0.1, 0.15) is 54.7 Å². The molecule has 6 nitrogen and oxygen atoms in total. The predicted molar refractivity (Wildman–Crippen MR) is 132 cm³/mol. The Labute approximate surface area is 202 Å². The van der Waals surface area contributed by atoms with Crippen molar-refractivity contribution in [3.63, 3.8) is 0 Å². The molecule has 0 saturated heterocycles. The number of benzene rings is 2. The topological polar surface area (TPSA) is 73.2 Å². The summed E-state index contributed by atoms with van der Waals surface area (Å²) in [4.78, 5) is 3.98. The van der Waals surface area contributed by atoms with E-state index in [2.05, 4.69) is 46.1 Å². The van der Waals surface area contributed by atoms with E-state index in [-0.39, 0.29) is 11.6 Å². The van der Waals surface area contributed by atoms with Gasteiger partial charge in [-0.25, -0.2) is 18.1 Å². The number of aromatic nitrogens is 2. The van der Waals surface area contributed by atoms with Crippen molar-refractivity contribution in [1.29, 1.82) is 0 Å². The maximum Gasteiger partial charge on any atom is 0.259 e. The number of fused-ring (bicyclic) bond motifs is 1. The van der Waals surface area contributed by atoms with Gasteiger partial charge in [-0.05, 0) is 47.4 Å². The van der Waals surface area contributed by atoms with Crippen molar-refractivity contribution in [2.75, 3.05) is 6.61 Å². The summed E-state index contributed by atoms with van der Waals surface area (Å²) in [6.07, 6.45) is 10.5. The van der Waals surface area contributed by atoms with E-state index in [0.717, 1.165) is 30.3 Å². The molecule has 1 N–H and O–H groups in total. The number of imidazole rings is 1. The van der Waals surface area contributed by atoms with Gasteiger partial charge in [0.1, 0.15) is 5.75 Å². The van der Waals surface area contributed by atoms with Crippen molar-refractivity contribution in [3.8, 4) is 5.75 Å². The minimum atomic E-state index is -3.66. The van der Waals surface area contributed by atoms with Crippen LogP contribution in [0.4, 0.5) is 0 Å². The Morgan fingerprint density at radius 2 is 1.91 bits per heavy atom. The van der Waals surface area contributed by atoms with Gasteiger partial charge in [0.15, 0.2) is 5.03 Å². The highest BCUT2D eigenvalue weighted by Gasteiger charge is 2.32. The highest BCUT2D eigenvalue weighted by atomic mass is 32.2. The molecule has 1 aliphatic carbocycles. The second kappa shape index (κ2) is 9.92. The molecule has 2 atom stereocenters. The quantitative estimate of drug-likeness (QED) is 0.453. The monoisotopic (exact) mass is 479 g/mol. The molecule has 34 heavy (non-hydrogen) atoms. The third-order valence-corrected chi connectivity index (χ3v) is 8.39. The van der Waals surface area contributed by atoms with Gasteiger partial charge in [0, 0.05) is 25.7 Å². The first-order valence-corrected chi connectivity index (χ1v) is 13.7. The van der Waals surface area contributed by atoms with Crippen molar-refractivity contribution in [1.82, 2.24) is 14.3 Å². The summed E-state index contributed by atoms with van der Waals surface area (Å²) in [7, 11) is -1.91. The van der Waals surface area contributed by atoms with Crippen LogP contribution in [-0.4, -0.2) is 24.6 Å². The van der Waals surface area contributed by atoms with E-state index in [0.29, 0.717) is 11.8 Å². The summed E-state index contributed by atoms with van der Waals surface area (Å²) >= 11 is 0. The molecule has 2 aromatic carbocycles. The van der Waals surface area contributed by atoms with Gasteiger partial charge < -0.3 is 9.30 Å². The molecule has 2 unspecified atom stereocenters. The van der Waals surface area contributed by atoms with Crippen LogP contribution in [0.2, 0.25) is 0 Å². The molecule has 7 heteroatoms. The van der Waals surface area contributed by atoms with Crippen LogP contribution >= 0.6 is 0 Å². The number of nitrogens with one attached hydrogen (secondary N) is 1. The van der Waals surface area contributed by atoms with E-state index < -0.39 is 10.0 Å². The molecule has 1 aromatic heterocycles. The highest BCUT2D eigenvalue weighted by Crippen LogP contribution is 2.43. The third kappa shape index (κ3) is 5.53. The fraction of sp³-hybridized carbons (Fsp3) is 0.444. The third-order valence-electron chi connectivity index (χ3n) is 7.10. The largest absolute Gasteiger partial charge is 0.493 e. The Kier molecular flexibility index (Phi) is 6.75. The van der Waals surface area contributed by atoms with Gasteiger partial charge in [0.05, 0.1) is 12.9 Å². The molecular formula is C27H33N3O3S. The molecule has 0 amide bonds. The average Bonchev–Trinajstić information content (AvgIpc) is 3.56. The lowest BCUT2D eigenvalue weighted by Crippen LogP contribution is -2.28. The van der Waals surface area contributed by atoms with Crippen molar-refractivity contribution in [2.45, 2.75) is 56.0 Å². The molecule has 1 aliphatic heterocycles. The first-order chi connectivity index (χ1) is 16.5. The predicted octanol–water partition coefficient (Wildman–Crippen LogP) is 4.81. The Morgan fingerprint density at radius 3 is 2.65 bits per heavy atom. The van der Waals surface area contributed by atoms with Gasteiger partial charge in [0.25, 0.3) is 10.0 Å². The molecule has 180 valence electrons. The van der Waals surface area contributed by atoms with Crippen molar-refractivity contribution >= 4 is 10.0 Å². The molecular weight excluding hydrogens is 446 g/mol. The van der Waals surface area contributed by atoms with Gasteiger partial charge in [-0.1, -0.05) is 68.1 Å². The van der Waals surface area contributed by atoms with E-state index in [1.165, 1.54) is 55.8 Å². The van der Waals surface area contributed by atoms with Crippen molar-refractivity contribution < 1.29 is 13.2 Å². The van der Waals surface area contributed by atoms with Crippen LogP contribution in [0, 0.1) is 11.8 Å². The van der Waals surface area contributed by atoms with Crippen molar-refractivity contribution in [2.24, 2.45) is 18.9 Å². The van der Waals surface area contributed by atoms with E-state index >= 15 is 0 Å². The molecule has 3 aromatic rings. The van der Waals surface area contributed by atoms with Crippen molar-refractivity contribution in [3.05, 3.63) is 77.7 Å². The highest BCUT2D eigenvalue weighted by molar-refractivity contribution is 7.89. The van der Waals surface area contributed by atoms with E-state index in [9.17, 15) is 8.42 Å². The number of ether oxygens (including phenoxy) is 1. The first kappa shape index (κ1) is 23.1. The van der Waals surface area contributed by atoms with Gasteiger partial charge in [-0.15, -0.1) is 0 Å². The van der Waals surface area contributed by atoms with Gasteiger partial charge in [-0.3, -0.25) is 0 Å². The van der Waals surface area contributed by atoms with Crippen LogP contribution < -0.4 is 9.46 Å². The number of aryl methyl sites for hydroxylation is 1. The second-order valence-electron chi connectivity index (χ2n) is 9.82. The maximum absolute atomic E-state index is 12.6. The smallest absolute Gasteiger partial charge is 0.259 e. The zero-order valence-corrected chi connectivity index (χ0v) is 20.5. The summed E-state index contributed by atoms with van der Waals surface area (Å²) < 4.78 is 35.8. The Hall–Kier alpha value is -2.64. The number of hydrogen-bond donors (Lipinski definition) is 1. The molecule has 1 saturated carbocycles. The van der Waals surface area contributed by atoms with Crippen LogP contribution in [0.3, 0.4) is 0 Å². The average molecular weight is 480 g/mol. The summed E-state index contributed by atoms with van der Waals surface area (Å²) in [5.74, 6) is 2.70. The zero-order chi connectivity index (χ0) is 23.5. The number of sulfonamides is 1. The SMILES string of the molecule is Cn1cnc(S(=O)(=O)NCc2ccc3c(c2)C(Cc2ccccc2)C(CCCC2CC2)CO3)c1. The van der Waals surface area contributed by atoms with E-state index in [1.54, 1.807) is 11.6 Å². The Balaban J connectivity index is 1.35. The van der Waals surface area contributed by atoms with Crippen LogP contribution in [0.5, 0.6) is 5.75 Å². The Morgan fingerprint density at radius 1 is 1.09 bits per heavy atom. The molecule has 5 rings (SSSR count). The minimum Gasteiger partial charge on any atom is -0.493 e.